The van der Waals surface area contributed by atoms with E-state index in [0.717, 1.165) is 12.8 Å². The number of ether oxygens (including phenoxy) is 1. The van der Waals surface area contributed by atoms with Crippen LogP contribution in [0.1, 0.15) is 32.8 Å². The monoisotopic (exact) mass is 263 g/mol. The molecule has 2 atom stereocenters. The number of nitrogens with one attached hydrogen (secondary N) is 1. The predicted molar refractivity (Wildman–Crippen MR) is 78.0 cm³/mol. The van der Waals surface area contributed by atoms with Gasteiger partial charge < -0.3 is 10.1 Å². The molecule has 0 aliphatic rings. The lowest BCUT2D eigenvalue weighted by Crippen LogP contribution is -2.47. The summed E-state index contributed by atoms with van der Waals surface area (Å²) in [5.41, 5.74) is 1.29. The van der Waals surface area contributed by atoms with Gasteiger partial charge in [-0.05, 0) is 24.3 Å². The van der Waals surface area contributed by atoms with E-state index in [1.807, 2.05) is 32.0 Å². The normalized spacial score (nSPS) is 14.2. The second-order valence-corrected chi connectivity index (χ2v) is 5.21. The minimum atomic E-state index is -0.237. The van der Waals surface area contributed by atoms with E-state index in [1.54, 1.807) is 0 Å². The highest BCUT2D eigenvalue weighted by molar-refractivity contribution is 5.75. The number of hydrogen-bond acceptors (Lipinski definition) is 3. The van der Waals surface area contributed by atoms with Gasteiger partial charge in [-0.25, -0.2) is 0 Å². The number of carbonyl (C=O) groups is 1. The molecule has 1 N–H and O–H groups in total. The summed E-state index contributed by atoms with van der Waals surface area (Å²) >= 11 is 0. The van der Waals surface area contributed by atoms with Gasteiger partial charge >= 0.3 is 5.97 Å². The van der Waals surface area contributed by atoms with Crippen molar-refractivity contribution in [2.24, 2.45) is 5.92 Å². The van der Waals surface area contributed by atoms with E-state index in [4.69, 9.17) is 4.74 Å². The SMILES string of the molecule is CCC(Cc1ccccc1)N[C@H](C(=O)OC)C(C)C. The van der Waals surface area contributed by atoms with Crippen molar-refractivity contribution in [1.82, 2.24) is 5.32 Å². The molecular formula is C16H25NO2. The summed E-state index contributed by atoms with van der Waals surface area (Å²) in [5.74, 6) is 0.0405. The molecule has 0 bridgehead atoms. The number of methoxy groups -OCH3 is 1. The molecule has 106 valence electrons. The molecule has 0 aliphatic heterocycles. The van der Waals surface area contributed by atoms with Crippen molar-refractivity contribution in [3.63, 3.8) is 0 Å². The maximum atomic E-state index is 11.8. The lowest BCUT2D eigenvalue weighted by molar-refractivity contribution is -0.144. The Bertz CT molecular complexity index is 376. The van der Waals surface area contributed by atoms with Gasteiger partial charge in [0.2, 0.25) is 0 Å². The van der Waals surface area contributed by atoms with E-state index >= 15 is 0 Å². The molecule has 1 aromatic carbocycles. The van der Waals surface area contributed by atoms with Crippen LogP contribution in [0.2, 0.25) is 0 Å². The number of carbonyl (C=O) groups excluding carboxylic acids is 1. The van der Waals surface area contributed by atoms with Gasteiger partial charge in [0, 0.05) is 6.04 Å². The van der Waals surface area contributed by atoms with Gasteiger partial charge in [-0.3, -0.25) is 4.79 Å². The first-order valence-corrected chi connectivity index (χ1v) is 6.96. The third kappa shape index (κ3) is 5.03. The third-order valence-electron chi connectivity index (χ3n) is 3.35. The average molecular weight is 263 g/mol. The Morgan fingerprint density at radius 2 is 1.89 bits per heavy atom. The Kier molecular flexibility index (Phi) is 6.57. The van der Waals surface area contributed by atoms with Gasteiger partial charge in [0.15, 0.2) is 0 Å². The van der Waals surface area contributed by atoms with Crippen molar-refractivity contribution < 1.29 is 9.53 Å². The fourth-order valence-corrected chi connectivity index (χ4v) is 2.13. The zero-order valence-electron chi connectivity index (χ0n) is 12.3. The van der Waals surface area contributed by atoms with Crippen LogP contribution in [-0.4, -0.2) is 25.2 Å². The minimum Gasteiger partial charge on any atom is -0.468 e. The molecule has 3 heteroatoms. The smallest absolute Gasteiger partial charge is 0.323 e. The van der Waals surface area contributed by atoms with Crippen LogP contribution < -0.4 is 5.32 Å². The highest BCUT2D eigenvalue weighted by Crippen LogP contribution is 2.10. The van der Waals surface area contributed by atoms with Crippen LogP contribution in [0, 0.1) is 5.92 Å². The zero-order valence-corrected chi connectivity index (χ0v) is 12.3. The summed E-state index contributed by atoms with van der Waals surface area (Å²) in [6.45, 7) is 6.20. The van der Waals surface area contributed by atoms with Gasteiger partial charge in [0.1, 0.15) is 6.04 Å². The summed E-state index contributed by atoms with van der Waals surface area (Å²) < 4.78 is 4.87. The molecule has 0 saturated carbocycles. The minimum absolute atomic E-state index is 0.179. The summed E-state index contributed by atoms with van der Waals surface area (Å²) in [6, 6.07) is 10.4. The Hall–Kier alpha value is -1.35. The molecule has 0 saturated heterocycles. The maximum absolute atomic E-state index is 11.8. The first-order chi connectivity index (χ1) is 9.08. The fourth-order valence-electron chi connectivity index (χ4n) is 2.13. The van der Waals surface area contributed by atoms with Crippen LogP contribution in [0.25, 0.3) is 0 Å². The summed E-state index contributed by atoms with van der Waals surface area (Å²) in [6.07, 6.45) is 1.91. The predicted octanol–water partition coefficient (Wildman–Crippen LogP) is 2.79. The van der Waals surface area contributed by atoms with Crippen LogP contribution in [-0.2, 0) is 16.0 Å². The number of hydrogen-bond donors (Lipinski definition) is 1. The molecule has 0 heterocycles. The number of esters is 1. The van der Waals surface area contributed by atoms with E-state index in [-0.39, 0.29) is 24.0 Å². The Morgan fingerprint density at radius 3 is 2.37 bits per heavy atom. The number of rotatable bonds is 7. The molecule has 1 rings (SSSR count). The van der Waals surface area contributed by atoms with Crippen LogP contribution in [0.3, 0.4) is 0 Å². The van der Waals surface area contributed by atoms with Gasteiger partial charge in [-0.1, -0.05) is 51.1 Å². The fraction of sp³-hybridized carbons (Fsp3) is 0.562. The first kappa shape index (κ1) is 15.7. The van der Waals surface area contributed by atoms with Crippen molar-refractivity contribution in [2.45, 2.75) is 45.7 Å². The summed E-state index contributed by atoms with van der Waals surface area (Å²) in [4.78, 5) is 11.8. The second kappa shape index (κ2) is 7.95. The molecular weight excluding hydrogens is 238 g/mol. The van der Waals surface area contributed by atoms with Crippen molar-refractivity contribution in [1.29, 1.82) is 0 Å². The second-order valence-electron chi connectivity index (χ2n) is 5.21. The maximum Gasteiger partial charge on any atom is 0.323 e. The first-order valence-electron chi connectivity index (χ1n) is 6.96. The molecule has 19 heavy (non-hydrogen) atoms. The standard InChI is InChI=1S/C16H25NO2/c1-5-14(11-13-9-7-6-8-10-13)17-15(12(2)3)16(18)19-4/h6-10,12,14-15,17H,5,11H2,1-4H3/t14?,15-/m0/s1. The lowest BCUT2D eigenvalue weighted by atomic mass is 9.99. The third-order valence-corrected chi connectivity index (χ3v) is 3.35. The van der Waals surface area contributed by atoms with E-state index in [0.29, 0.717) is 0 Å². The molecule has 1 aromatic rings. The van der Waals surface area contributed by atoms with E-state index < -0.39 is 0 Å². The van der Waals surface area contributed by atoms with Crippen molar-refractivity contribution >= 4 is 5.97 Å². The van der Waals surface area contributed by atoms with Crippen LogP contribution in [0.15, 0.2) is 30.3 Å². The summed E-state index contributed by atoms with van der Waals surface area (Å²) in [5, 5.41) is 3.43. The molecule has 3 nitrogen and oxygen atoms in total. The zero-order chi connectivity index (χ0) is 14.3. The molecule has 0 radical (unpaired) electrons. The molecule has 1 unspecified atom stereocenters. The highest BCUT2D eigenvalue weighted by Gasteiger charge is 2.25. The van der Waals surface area contributed by atoms with Gasteiger partial charge in [0.25, 0.3) is 0 Å². The molecule has 0 aliphatic carbocycles. The largest absolute Gasteiger partial charge is 0.468 e. The summed E-state index contributed by atoms with van der Waals surface area (Å²) in [7, 11) is 1.44. The van der Waals surface area contributed by atoms with Crippen molar-refractivity contribution in [3.8, 4) is 0 Å². The highest BCUT2D eigenvalue weighted by atomic mass is 16.5. The van der Waals surface area contributed by atoms with Gasteiger partial charge in [-0.2, -0.15) is 0 Å². The van der Waals surface area contributed by atoms with Gasteiger partial charge in [0.05, 0.1) is 7.11 Å². The number of benzene rings is 1. The Morgan fingerprint density at radius 1 is 1.26 bits per heavy atom. The lowest BCUT2D eigenvalue weighted by Gasteiger charge is -2.26. The van der Waals surface area contributed by atoms with Crippen LogP contribution in [0.4, 0.5) is 0 Å². The van der Waals surface area contributed by atoms with Crippen molar-refractivity contribution in [3.05, 3.63) is 35.9 Å². The average Bonchev–Trinajstić information content (AvgIpc) is 2.43. The van der Waals surface area contributed by atoms with E-state index in [2.05, 4.69) is 24.4 Å². The van der Waals surface area contributed by atoms with Crippen molar-refractivity contribution in [2.75, 3.05) is 7.11 Å². The quantitative estimate of drug-likeness (QED) is 0.769. The Balaban J connectivity index is 2.66. The van der Waals surface area contributed by atoms with E-state index in [9.17, 15) is 4.79 Å². The van der Waals surface area contributed by atoms with Gasteiger partial charge in [-0.15, -0.1) is 0 Å². The van der Waals surface area contributed by atoms with E-state index in [1.165, 1.54) is 12.7 Å². The topological polar surface area (TPSA) is 38.3 Å². The van der Waals surface area contributed by atoms with Crippen LogP contribution in [0.5, 0.6) is 0 Å². The molecule has 0 amide bonds. The molecule has 0 fully saturated rings. The molecule has 0 spiro atoms. The molecule has 0 aromatic heterocycles. The Labute approximate surface area is 116 Å². The van der Waals surface area contributed by atoms with Crippen LogP contribution >= 0.6 is 0 Å².